The molecule has 0 aliphatic rings. The SMILES string of the molecule is CCc1ccc(-c2ccc3c(c2)c(=O)oc2c(F)c(CC)ccc23)cc1. The van der Waals surface area contributed by atoms with Crippen LogP contribution in [0.25, 0.3) is 32.9 Å². The first kappa shape index (κ1) is 16.5. The van der Waals surface area contributed by atoms with E-state index in [1.54, 1.807) is 6.07 Å². The van der Waals surface area contributed by atoms with Gasteiger partial charge in [0.15, 0.2) is 11.4 Å². The van der Waals surface area contributed by atoms with E-state index in [0.717, 1.165) is 17.5 Å². The van der Waals surface area contributed by atoms with Crippen LogP contribution in [0.5, 0.6) is 0 Å². The number of aryl methyl sites for hydroxylation is 2. The molecule has 0 fully saturated rings. The van der Waals surface area contributed by atoms with Crippen molar-refractivity contribution in [3.63, 3.8) is 0 Å². The highest BCUT2D eigenvalue weighted by atomic mass is 19.1. The predicted molar refractivity (Wildman–Crippen MR) is 104 cm³/mol. The highest BCUT2D eigenvalue weighted by Crippen LogP contribution is 2.30. The number of rotatable bonds is 3. The van der Waals surface area contributed by atoms with Crippen molar-refractivity contribution in [1.29, 1.82) is 0 Å². The van der Waals surface area contributed by atoms with Crippen LogP contribution >= 0.6 is 0 Å². The zero-order valence-corrected chi connectivity index (χ0v) is 14.8. The van der Waals surface area contributed by atoms with Gasteiger partial charge < -0.3 is 4.42 Å². The Morgan fingerprint density at radius 2 is 1.50 bits per heavy atom. The molecule has 0 N–H and O–H groups in total. The fourth-order valence-electron chi connectivity index (χ4n) is 3.39. The largest absolute Gasteiger partial charge is 0.419 e. The van der Waals surface area contributed by atoms with Crippen LogP contribution in [-0.2, 0) is 12.8 Å². The molecule has 2 nitrogen and oxygen atoms in total. The summed E-state index contributed by atoms with van der Waals surface area (Å²) in [6.07, 6.45) is 1.54. The third kappa shape index (κ3) is 2.60. The van der Waals surface area contributed by atoms with Gasteiger partial charge in [0.25, 0.3) is 0 Å². The highest BCUT2D eigenvalue weighted by Gasteiger charge is 2.14. The molecule has 1 aromatic heterocycles. The molecule has 0 spiro atoms. The Morgan fingerprint density at radius 3 is 2.19 bits per heavy atom. The van der Waals surface area contributed by atoms with Gasteiger partial charge in [0, 0.05) is 10.8 Å². The Hall–Kier alpha value is -2.94. The van der Waals surface area contributed by atoms with Crippen molar-refractivity contribution < 1.29 is 8.81 Å². The minimum Gasteiger partial charge on any atom is -0.419 e. The summed E-state index contributed by atoms with van der Waals surface area (Å²) in [5.74, 6) is -0.441. The van der Waals surface area contributed by atoms with Gasteiger partial charge in [-0.2, -0.15) is 0 Å². The van der Waals surface area contributed by atoms with Crippen molar-refractivity contribution in [2.45, 2.75) is 26.7 Å². The van der Waals surface area contributed by atoms with Crippen molar-refractivity contribution in [1.82, 2.24) is 0 Å². The average Bonchev–Trinajstić information content (AvgIpc) is 2.69. The Kier molecular flexibility index (Phi) is 4.08. The van der Waals surface area contributed by atoms with Crippen molar-refractivity contribution >= 4 is 21.7 Å². The van der Waals surface area contributed by atoms with Gasteiger partial charge in [0.05, 0.1) is 5.39 Å². The van der Waals surface area contributed by atoms with Crippen LogP contribution in [0.15, 0.2) is 63.8 Å². The van der Waals surface area contributed by atoms with E-state index in [9.17, 15) is 9.18 Å². The number of hydrogen-bond acceptors (Lipinski definition) is 2. The molecule has 0 unspecified atom stereocenters. The first-order valence-electron chi connectivity index (χ1n) is 8.89. The van der Waals surface area contributed by atoms with Gasteiger partial charge in [0.2, 0.25) is 0 Å². The zero-order valence-electron chi connectivity index (χ0n) is 14.8. The Bertz CT molecular complexity index is 1170. The summed E-state index contributed by atoms with van der Waals surface area (Å²) in [4.78, 5) is 12.5. The maximum atomic E-state index is 14.6. The molecule has 0 aliphatic heterocycles. The average molecular weight is 346 g/mol. The third-order valence-corrected chi connectivity index (χ3v) is 4.98. The van der Waals surface area contributed by atoms with E-state index < -0.39 is 11.4 Å². The maximum absolute atomic E-state index is 14.6. The van der Waals surface area contributed by atoms with Crippen LogP contribution in [0.2, 0.25) is 0 Å². The molecule has 4 aromatic rings. The second kappa shape index (κ2) is 6.41. The number of hydrogen-bond donors (Lipinski definition) is 0. The van der Waals surface area contributed by atoms with Crippen molar-refractivity contribution in [3.05, 3.63) is 82.0 Å². The zero-order chi connectivity index (χ0) is 18.3. The molecule has 4 rings (SSSR count). The molecule has 0 saturated carbocycles. The summed E-state index contributed by atoms with van der Waals surface area (Å²) in [6.45, 7) is 3.99. The van der Waals surface area contributed by atoms with Gasteiger partial charge in [0.1, 0.15) is 0 Å². The van der Waals surface area contributed by atoms with E-state index in [-0.39, 0.29) is 5.58 Å². The fourth-order valence-corrected chi connectivity index (χ4v) is 3.39. The van der Waals surface area contributed by atoms with Gasteiger partial charge in [-0.15, -0.1) is 0 Å². The molecular weight excluding hydrogens is 327 g/mol. The molecule has 0 atom stereocenters. The summed E-state index contributed by atoms with van der Waals surface area (Å²) in [7, 11) is 0. The molecular formula is C23H19FO2. The number of fused-ring (bicyclic) bond motifs is 3. The van der Waals surface area contributed by atoms with E-state index in [2.05, 4.69) is 31.2 Å². The standard InChI is InChI=1S/C23H19FO2/c1-3-14-5-7-16(8-6-14)17-10-11-18-19-12-9-15(4-2)21(24)22(19)26-23(25)20(18)13-17/h5-13H,3-4H2,1-2H3. The van der Waals surface area contributed by atoms with Crippen LogP contribution in [0.4, 0.5) is 4.39 Å². The van der Waals surface area contributed by atoms with Crippen LogP contribution < -0.4 is 5.63 Å². The Balaban J connectivity index is 1.95. The van der Waals surface area contributed by atoms with E-state index in [4.69, 9.17) is 4.42 Å². The summed E-state index contributed by atoms with van der Waals surface area (Å²) >= 11 is 0. The first-order chi connectivity index (χ1) is 12.6. The second-order valence-electron chi connectivity index (χ2n) is 6.47. The number of benzene rings is 3. The highest BCUT2D eigenvalue weighted by molar-refractivity contribution is 6.05. The van der Waals surface area contributed by atoms with Crippen molar-refractivity contribution in [2.24, 2.45) is 0 Å². The normalized spacial score (nSPS) is 11.3. The van der Waals surface area contributed by atoms with Gasteiger partial charge in [-0.05, 0) is 41.2 Å². The minimum absolute atomic E-state index is 0.0434. The van der Waals surface area contributed by atoms with Crippen LogP contribution in [-0.4, -0.2) is 0 Å². The Labute approximate surface area is 150 Å². The third-order valence-electron chi connectivity index (χ3n) is 4.98. The van der Waals surface area contributed by atoms with Gasteiger partial charge in [-0.1, -0.05) is 62.4 Å². The smallest absolute Gasteiger partial charge is 0.344 e. The number of halogens is 1. The van der Waals surface area contributed by atoms with E-state index in [1.165, 1.54) is 5.56 Å². The van der Waals surface area contributed by atoms with Gasteiger partial charge in [-0.25, -0.2) is 9.18 Å². The summed E-state index contributed by atoms with van der Waals surface area (Å²) in [5, 5.41) is 1.81. The van der Waals surface area contributed by atoms with Crippen molar-refractivity contribution in [3.8, 4) is 11.1 Å². The van der Waals surface area contributed by atoms with Crippen LogP contribution in [0.1, 0.15) is 25.0 Å². The van der Waals surface area contributed by atoms with Crippen molar-refractivity contribution in [2.75, 3.05) is 0 Å². The fraction of sp³-hybridized carbons (Fsp3) is 0.174. The first-order valence-corrected chi connectivity index (χ1v) is 8.89. The molecule has 3 aromatic carbocycles. The molecule has 0 bridgehead atoms. The van der Waals surface area contributed by atoms with Gasteiger partial charge >= 0.3 is 5.63 Å². The Morgan fingerprint density at radius 1 is 0.808 bits per heavy atom. The molecule has 1 heterocycles. The lowest BCUT2D eigenvalue weighted by molar-refractivity contribution is 0.525. The van der Waals surface area contributed by atoms with E-state index >= 15 is 0 Å². The molecule has 0 saturated heterocycles. The quantitative estimate of drug-likeness (QED) is 0.343. The molecule has 26 heavy (non-hydrogen) atoms. The molecule has 3 heteroatoms. The molecule has 0 aliphatic carbocycles. The van der Waals surface area contributed by atoms with Crippen LogP contribution in [0, 0.1) is 5.82 Å². The summed E-state index contributed by atoms with van der Waals surface area (Å²) < 4.78 is 19.9. The maximum Gasteiger partial charge on any atom is 0.344 e. The van der Waals surface area contributed by atoms with E-state index in [0.29, 0.717) is 28.1 Å². The molecule has 0 radical (unpaired) electrons. The topological polar surface area (TPSA) is 30.2 Å². The monoisotopic (exact) mass is 346 g/mol. The predicted octanol–water partition coefficient (Wildman–Crippen LogP) is 5.88. The molecule has 0 amide bonds. The lowest BCUT2D eigenvalue weighted by atomic mass is 9.98. The summed E-state index contributed by atoms with van der Waals surface area (Å²) in [6, 6.07) is 17.5. The van der Waals surface area contributed by atoms with Crippen LogP contribution in [0.3, 0.4) is 0 Å². The van der Waals surface area contributed by atoms with Gasteiger partial charge in [-0.3, -0.25) is 0 Å². The summed E-state index contributed by atoms with van der Waals surface area (Å²) in [5.41, 5.74) is 3.33. The molecule has 130 valence electrons. The lowest BCUT2D eigenvalue weighted by Gasteiger charge is -2.08. The second-order valence-corrected chi connectivity index (χ2v) is 6.47. The minimum atomic E-state index is -0.508. The lowest BCUT2D eigenvalue weighted by Crippen LogP contribution is -2.02. The van der Waals surface area contributed by atoms with E-state index in [1.807, 2.05) is 31.2 Å².